The van der Waals surface area contributed by atoms with Gasteiger partial charge in [-0.25, -0.2) is 0 Å². The molecule has 122 valence electrons. The molecular weight excluding hydrogens is 322 g/mol. The SMILES string of the molecule is CCN(CCC(=O)O)C(=O)Cn1nnc(-c2ccc(Cl)cc2)n1. The number of amides is 1. The van der Waals surface area contributed by atoms with E-state index in [0.717, 1.165) is 5.56 Å². The number of hydrogen-bond donors (Lipinski definition) is 1. The van der Waals surface area contributed by atoms with Gasteiger partial charge < -0.3 is 10.0 Å². The van der Waals surface area contributed by atoms with E-state index >= 15 is 0 Å². The summed E-state index contributed by atoms with van der Waals surface area (Å²) in [6.07, 6.45) is -0.0968. The van der Waals surface area contributed by atoms with Crippen LogP contribution in [0.5, 0.6) is 0 Å². The van der Waals surface area contributed by atoms with Crippen molar-refractivity contribution in [2.75, 3.05) is 13.1 Å². The van der Waals surface area contributed by atoms with Gasteiger partial charge in [0.2, 0.25) is 11.7 Å². The standard InChI is InChI=1S/C14H16ClN5O3/c1-2-19(8-7-13(22)23)12(21)9-20-17-14(16-18-20)10-3-5-11(15)6-4-10/h3-6H,2,7-9H2,1H3,(H,22,23). The van der Waals surface area contributed by atoms with Crippen LogP contribution >= 0.6 is 11.6 Å². The average Bonchev–Trinajstić information content (AvgIpc) is 2.96. The zero-order valence-corrected chi connectivity index (χ0v) is 13.3. The van der Waals surface area contributed by atoms with E-state index in [-0.39, 0.29) is 25.4 Å². The molecule has 1 aromatic carbocycles. The molecular formula is C14H16ClN5O3. The number of aliphatic carboxylic acids is 1. The molecule has 1 aromatic heterocycles. The predicted octanol–water partition coefficient (Wildman–Crippen LogP) is 1.32. The summed E-state index contributed by atoms with van der Waals surface area (Å²) in [4.78, 5) is 25.4. The third-order valence-electron chi connectivity index (χ3n) is 3.16. The quantitative estimate of drug-likeness (QED) is 0.817. The van der Waals surface area contributed by atoms with Crippen LogP contribution < -0.4 is 0 Å². The lowest BCUT2D eigenvalue weighted by molar-refractivity contribution is -0.138. The number of hydrogen-bond acceptors (Lipinski definition) is 5. The van der Waals surface area contributed by atoms with E-state index in [9.17, 15) is 9.59 Å². The van der Waals surface area contributed by atoms with Crippen LogP contribution in [0.4, 0.5) is 0 Å². The minimum Gasteiger partial charge on any atom is -0.481 e. The fourth-order valence-corrected chi connectivity index (χ4v) is 2.06. The number of carbonyl (C=O) groups is 2. The molecule has 0 bridgehead atoms. The van der Waals surface area contributed by atoms with Crippen LogP contribution in [0.1, 0.15) is 13.3 Å². The molecule has 0 fully saturated rings. The molecule has 1 amide bonds. The largest absolute Gasteiger partial charge is 0.481 e. The first-order valence-corrected chi connectivity index (χ1v) is 7.40. The summed E-state index contributed by atoms with van der Waals surface area (Å²) in [5.74, 6) is -0.808. The van der Waals surface area contributed by atoms with Crippen molar-refractivity contribution in [3.05, 3.63) is 29.3 Å². The maximum Gasteiger partial charge on any atom is 0.305 e. The van der Waals surface area contributed by atoms with Gasteiger partial charge in [0, 0.05) is 23.7 Å². The molecule has 1 heterocycles. The number of nitrogens with zero attached hydrogens (tertiary/aromatic N) is 5. The summed E-state index contributed by atoms with van der Waals surface area (Å²) >= 11 is 5.82. The molecule has 0 saturated carbocycles. The van der Waals surface area contributed by atoms with Crippen LogP contribution in [0.25, 0.3) is 11.4 Å². The fourth-order valence-electron chi connectivity index (χ4n) is 1.94. The number of carboxylic acid groups (broad SMARTS) is 1. The molecule has 2 rings (SSSR count). The molecule has 2 aromatic rings. The first-order chi connectivity index (χ1) is 11.0. The number of benzene rings is 1. The fraction of sp³-hybridized carbons (Fsp3) is 0.357. The van der Waals surface area contributed by atoms with Crippen molar-refractivity contribution >= 4 is 23.5 Å². The lowest BCUT2D eigenvalue weighted by Gasteiger charge is -2.19. The smallest absolute Gasteiger partial charge is 0.305 e. The van der Waals surface area contributed by atoms with Crippen molar-refractivity contribution in [1.29, 1.82) is 0 Å². The van der Waals surface area contributed by atoms with Crippen LogP contribution in [0, 0.1) is 0 Å². The molecule has 9 heteroatoms. The molecule has 0 saturated heterocycles. The molecule has 0 atom stereocenters. The van der Waals surface area contributed by atoms with Crippen molar-refractivity contribution in [3.63, 3.8) is 0 Å². The summed E-state index contributed by atoms with van der Waals surface area (Å²) < 4.78 is 0. The lowest BCUT2D eigenvalue weighted by Crippen LogP contribution is -2.35. The normalized spacial score (nSPS) is 10.5. The van der Waals surface area contributed by atoms with Crippen molar-refractivity contribution in [2.45, 2.75) is 19.9 Å². The predicted molar refractivity (Wildman–Crippen MR) is 82.8 cm³/mol. The number of carboxylic acids is 1. The Balaban J connectivity index is 2.01. The highest BCUT2D eigenvalue weighted by molar-refractivity contribution is 6.30. The summed E-state index contributed by atoms with van der Waals surface area (Å²) in [6.45, 7) is 2.27. The molecule has 0 aliphatic rings. The Bertz CT molecular complexity index is 686. The summed E-state index contributed by atoms with van der Waals surface area (Å²) in [6, 6.07) is 6.95. The van der Waals surface area contributed by atoms with E-state index < -0.39 is 5.97 Å². The average molecular weight is 338 g/mol. The number of carbonyl (C=O) groups excluding carboxylic acids is 1. The van der Waals surface area contributed by atoms with E-state index in [0.29, 0.717) is 17.4 Å². The number of rotatable bonds is 7. The highest BCUT2D eigenvalue weighted by atomic mass is 35.5. The van der Waals surface area contributed by atoms with Gasteiger partial charge in [-0.3, -0.25) is 9.59 Å². The van der Waals surface area contributed by atoms with Gasteiger partial charge >= 0.3 is 5.97 Å². The monoisotopic (exact) mass is 337 g/mol. The summed E-state index contributed by atoms with van der Waals surface area (Å²) in [7, 11) is 0. The van der Waals surface area contributed by atoms with Gasteiger partial charge in [-0.15, -0.1) is 10.2 Å². The molecule has 0 radical (unpaired) electrons. The third-order valence-corrected chi connectivity index (χ3v) is 3.41. The second-order valence-corrected chi connectivity index (χ2v) is 5.20. The maximum absolute atomic E-state index is 12.1. The van der Waals surface area contributed by atoms with Gasteiger partial charge in [0.25, 0.3) is 0 Å². The second-order valence-electron chi connectivity index (χ2n) is 4.77. The van der Waals surface area contributed by atoms with Gasteiger partial charge in [0.05, 0.1) is 6.42 Å². The van der Waals surface area contributed by atoms with Crippen LogP contribution in [0.3, 0.4) is 0 Å². The van der Waals surface area contributed by atoms with Gasteiger partial charge in [-0.05, 0) is 36.4 Å². The summed E-state index contributed by atoms with van der Waals surface area (Å²) in [5.41, 5.74) is 0.742. The first kappa shape index (κ1) is 16.9. The van der Waals surface area contributed by atoms with Crippen LogP contribution in [0.15, 0.2) is 24.3 Å². The van der Waals surface area contributed by atoms with Gasteiger partial charge in [0.15, 0.2) is 0 Å². The van der Waals surface area contributed by atoms with Crippen molar-refractivity contribution < 1.29 is 14.7 Å². The molecule has 0 spiro atoms. The second kappa shape index (κ2) is 7.68. The van der Waals surface area contributed by atoms with Crippen LogP contribution in [0.2, 0.25) is 5.02 Å². The Morgan fingerprint density at radius 1 is 1.30 bits per heavy atom. The van der Waals surface area contributed by atoms with E-state index in [4.69, 9.17) is 16.7 Å². The Morgan fingerprint density at radius 2 is 2.00 bits per heavy atom. The van der Waals surface area contributed by atoms with E-state index in [1.165, 1.54) is 9.70 Å². The lowest BCUT2D eigenvalue weighted by atomic mass is 10.2. The first-order valence-electron chi connectivity index (χ1n) is 7.03. The number of likely N-dealkylation sites (N-methyl/N-ethyl adjacent to an activating group) is 1. The van der Waals surface area contributed by atoms with E-state index in [1.807, 2.05) is 0 Å². The molecule has 0 aliphatic carbocycles. The molecule has 8 nitrogen and oxygen atoms in total. The van der Waals surface area contributed by atoms with Gasteiger partial charge in [-0.1, -0.05) is 11.6 Å². The third kappa shape index (κ3) is 4.75. The molecule has 0 aliphatic heterocycles. The zero-order valence-electron chi connectivity index (χ0n) is 12.5. The van der Waals surface area contributed by atoms with Crippen LogP contribution in [-0.2, 0) is 16.1 Å². The number of tetrazole rings is 1. The summed E-state index contributed by atoms with van der Waals surface area (Å²) in [5, 5.41) is 21.2. The Morgan fingerprint density at radius 3 is 2.61 bits per heavy atom. The van der Waals surface area contributed by atoms with Crippen molar-refractivity contribution in [2.24, 2.45) is 0 Å². The van der Waals surface area contributed by atoms with E-state index in [1.54, 1.807) is 31.2 Å². The highest BCUT2D eigenvalue weighted by Gasteiger charge is 2.15. The topological polar surface area (TPSA) is 101 Å². The minimum atomic E-state index is -0.944. The number of aromatic nitrogens is 4. The van der Waals surface area contributed by atoms with E-state index in [2.05, 4.69) is 15.4 Å². The zero-order chi connectivity index (χ0) is 16.8. The van der Waals surface area contributed by atoms with Gasteiger partial charge in [0.1, 0.15) is 6.54 Å². The molecule has 1 N–H and O–H groups in total. The Hall–Kier alpha value is -2.48. The van der Waals surface area contributed by atoms with Crippen molar-refractivity contribution in [1.82, 2.24) is 25.1 Å². The molecule has 23 heavy (non-hydrogen) atoms. The molecule has 0 unspecified atom stereocenters. The Kier molecular flexibility index (Phi) is 5.64. The van der Waals surface area contributed by atoms with Gasteiger partial charge in [-0.2, -0.15) is 4.80 Å². The maximum atomic E-state index is 12.1. The Labute approximate surface area is 137 Å². The minimum absolute atomic E-state index is 0.0892. The number of halogens is 1. The van der Waals surface area contributed by atoms with Crippen LogP contribution in [-0.4, -0.2) is 55.2 Å². The highest BCUT2D eigenvalue weighted by Crippen LogP contribution is 2.16. The van der Waals surface area contributed by atoms with Crippen molar-refractivity contribution in [3.8, 4) is 11.4 Å².